The second-order valence-electron chi connectivity index (χ2n) is 10.9. The molecule has 3 unspecified atom stereocenters. The first-order chi connectivity index (χ1) is 19.2. The molecule has 4 aliphatic rings. The van der Waals surface area contributed by atoms with Gasteiger partial charge in [-0.1, -0.05) is 17.7 Å². The molecule has 3 atom stereocenters. The molecule has 2 heterocycles. The van der Waals surface area contributed by atoms with Crippen LogP contribution in [0, 0.1) is 23.2 Å². The number of carbonyl (C=O) groups is 4. The molecule has 3 fully saturated rings. The number of benzene rings is 1. The Balaban J connectivity index is 1.23. The third kappa shape index (κ3) is 5.69. The number of carbonyl (C=O) groups excluding carboxylic acids is 4. The number of hydrogen-bond donors (Lipinski definition) is 3. The molecule has 5 rings (SSSR count). The number of nitrogens with zero attached hydrogens (tertiary/aromatic N) is 4. The molecule has 0 bridgehead atoms. The fraction of sp³-hybridized carbons (Fsp3) is 0.464. The van der Waals surface area contributed by atoms with Crippen molar-refractivity contribution in [1.82, 2.24) is 25.3 Å². The van der Waals surface area contributed by atoms with Gasteiger partial charge in [-0.3, -0.25) is 14.5 Å². The van der Waals surface area contributed by atoms with E-state index in [4.69, 9.17) is 16.9 Å². The number of imide groups is 1. The van der Waals surface area contributed by atoms with E-state index in [2.05, 4.69) is 16.0 Å². The number of anilines is 1. The Bertz CT molecular complexity index is 1330. The lowest BCUT2D eigenvalue weighted by molar-refractivity contribution is -0.136. The minimum atomic E-state index is -0.657. The number of halogens is 1. The summed E-state index contributed by atoms with van der Waals surface area (Å²) in [6.45, 7) is 5.24. The van der Waals surface area contributed by atoms with Gasteiger partial charge in [-0.2, -0.15) is 5.26 Å². The van der Waals surface area contributed by atoms with Gasteiger partial charge in [0.2, 0.25) is 11.8 Å². The molecule has 1 aromatic rings. The summed E-state index contributed by atoms with van der Waals surface area (Å²) in [6.07, 6.45) is 7.31. The van der Waals surface area contributed by atoms with Crippen molar-refractivity contribution in [3.8, 4) is 6.07 Å². The maximum absolute atomic E-state index is 13.4. The van der Waals surface area contributed by atoms with Gasteiger partial charge >= 0.3 is 12.1 Å². The zero-order valence-corrected chi connectivity index (χ0v) is 23.1. The highest BCUT2D eigenvalue weighted by atomic mass is 35.5. The molecule has 6 amide bonds. The predicted molar refractivity (Wildman–Crippen MR) is 148 cm³/mol. The third-order valence-electron chi connectivity index (χ3n) is 7.61. The predicted octanol–water partition coefficient (Wildman–Crippen LogP) is 2.65. The van der Waals surface area contributed by atoms with E-state index in [1.54, 1.807) is 34.1 Å². The number of piperazine rings is 1. The Morgan fingerprint density at radius 2 is 2.00 bits per heavy atom. The van der Waals surface area contributed by atoms with E-state index in [1.807, 2.05) is 19.9 Å². The normalized spacial score (nSPS) is 24.4. The van der Waals surface area contributed by atoms with Crippen molar-refractivity contribution in [2.75, 3.05) is 31.5 Å². The molecule has 210 valence electrons. The molecule has 2 saturated heterocycles. The van der Waals surface area contributed by atoms with Crippen molar-refractivity contribution in [2.24, 2.45) is 11.8 Å². The molecule has 40 heavy (non-hydrogen) atoms. The van der Waals surface area contributed by atoms with Crippen LogP contribution in [-0.4, -0.2) is 82.9 Å². The van der Waals surface area contributed by atoms with Crippen LogP contribution in [0.25, 0.3) is 0 Å². The highest BCUT2D eigenvalue weighted by Crippen LogP contribution is 2.35. The second kappa shape index (κ2) is 11.3. The van der Waals surface area contributed by atoms with Crippen molar-refractivity contribution < 1.29 is 19.2 Å². The SMILES string of the molecule is CC(C)N1C(=O)N(CC2CC2)C(=O)C2C=C(NC(=O)N3CCNC(C(=O)Nc4ccc(C#N)c(Cl)c4)C3)C=CC21. The number of nitriles is 1. The third-order valence-corrected chi connectivity index (χ3v) is 7.92. The zero-order valence-electron chi connectivity index (χ0n) is 22.4. The summed E-state index contributed by atoms with van der Waals surface area (Å²) in [4.78, 5) is 57.2. The molecule has 3 N–H and O–H groups in total. The molecule has 1 saturated carbocycles. The number of amides is 6. The zero-order chi connectivity index (χ0) is 28.6. The number of hydrogen-bond acceptors (Lipinski definition) is 6. The summed E-state index contributed by atoms with van der Waals surface area (Å²) in [5.74, 6) is -0.788. The molecular weight excluding hydrogens is 534 g/mol. The molecule has 0 radical (unpaired) electrons. The summed E-state index contributed by atoms with van der Waals surface area (Å²) in [5, 5.41) is 18.0. The van der Waals surface area contributed by atoms with Gasteiger partial charge in [0, 0.05) is 43.6 Å². The van der Waals surface area contributed by atoms with Gasteiger partial charge in [0.05, 0.1) is 22.5 Å². The van der Waals surface area contributed by atoms with E-state index >= 15 is 0 Å². The van der Waals surface area contributed by atoms with Crippen LogP contribution in [0.4, 0.5) is 15.3 Å². The fourth-order valence-corrected chi connectivity index (χ4v) is 5.52. The van der Waals surface area contributed by atoms with Crippen molar-refractivity contribution >= 4 is 41.2 Å². The van der Waals surface area contributed by atoms with Gasteiger partial charge in [0.25, 0.3) is 0 Å². The minimum Gasteiger partial charge on any atom is -0.325 e. The molecule has 11 nitrogen and oxygen atoms in total. The first-order valence-electron chi connectivity index (χ1n) is 13.5. The molecule has 2 aliphatic carbocycles. The smallest absolute Gasteiger partial charge is 0.325 e. The van der Waals surface area contributed by atoms with E-state index in [-0.39, 0.29) is 41.5 Å². The van der Waals surface area contributed by atoms with Crippen LogP contribution in [0.3, 0.4) is 0 Å². The first kappa shape index (κ1) is 27.7. The summed E-state index contributed by atoms with van der Waals surface area (Å²) in [5.41, 5.74) is 1.24. The van der Waals surface area contributed by atoms with Crippen LogP contribution in [-0.2, 0) is 9.59 Å². The molecule has 12 heteroatoms. The van der Waals surface area contributed by atoms with Crippen LogP contribution in [0.2, 0.25) is 5.02 Å². The lowest BCUT2D eigenvalue weighted by atomic mass is 9.88. The van der Waals surface area contributed by atoms with Crippen LogP contribution < -0.4 is 16.0 Å². The van der Waals surface area contributed by atoms with Crippen molar-refractivity contribution in [2.45, 2.75) is 44.8 Å². The lowest BCUT2D eigenvalue weighted by Gasteiger charge is -2.46. The summed E-state index contributed by atoms with van der Waals surface area (Å²) in [7, 11) is 0. The average Bonchev–Trinajstić information content (AvgIpc) is 3.76. The summed E-state index contributed by atoms with van der Waals surface area (Å²) < 4.78 is 0. The van der Waals surface area contributed by atoms with Gasteiger partial charge in [-0.15, -0.1) is 0 Å². The Hall–Kier alpha value is -3.88. The van der Waals surface area contributed by atoms with Gasteiger partial charge < -0.3 is 25.8 Å². The highest BCUT2D eigenvalue weighted by Gasteiger charge is 2.47. The average molecular weight is 566 g/mol. The van der Waals surface area contributed by atoms with E-state index in [1.165, 1.54) is 17.0 Å². The Kier molecular flexibility index (Phi) is 7.83. The number of fused-ring (bicyclic) bond motifs is 1. The standard InChI is InChI=1S/C28H32ClN7O4/c1-16(2)36-24-8-7-19(11-21(24)26(38)35(28(36)40)14-17-3-4-17)33-27(39)34-10-9-31-23(15-34)25(37)32-20-6-5-18(13-30)22(29)12-20/h5-8,11-12,16-17,21,23-24,31H,3-4,9-10,14-15H2,1-2H3,(H,32,37)(H,33,39). The lowest BCUT2D eigenvalue weighted by Crippen LogP contribution is -2.63. The Morgan fingerprint density at radius 1 is 1.23 bits per heavy atom. The quantitative estimate of drug-likeness (QED) is 0.485. The van der Waals surface area contributed by atoms with Crippen molar-refractivity contribution in [3.05, 3.63) is 52.7 Å². The Morgan fingerprint density at radius 3 is 2.67 bits per heavy atom. The maximum atomic E-state index is 13.4. The van der Waals surface area contributed by atoms with Crippen LogP contribution in [0.1, 0.15) is 32.3 Å². The van der Waals surface area contributed by atoms with Crippen molar-refractivity contribution in [1.29, 1.82) is 5.26 Å². The van der Waals surface area contributed by atoms with Gasteiger partial charge in [-0.05, 0) is 63.0 Å². The number of allylic oxidation sites excluding steroid dienone is 1. The van der Waals surface area contributed by atoms with E-state index in [0.717, 1.165) is 12.8 Å². The summed E-state index contributed by atoms with van der Waals surface area (Å²) >= 11 is 6.07. The van der Waals surface area contributed by atoms with E-state index < -0.39 is 18.0 Å². The van der Waals surface area contributed by atoms with Crippen LogP contribution in [0.15, 0.2) is 42.1 Å². The van der Waals surface area contributed by atoms with Gasteiger partial charge in [0.15, 0.2) is 0 Å². The Labute approximate surface area is 237 Å². The molecule has 0 aromatic heterocycles. The van der Waals surface area contributed by atoms with E-state index in [9.17, 15) is 19.2 Å². The van der Waals surface area contributed by atoms with Crippen molar-refractivity contribution in [3.63, 3.8) is 0 Å². The molecule has 2 aliphatic heterocycles. The molecule has 0 spiro atoms. The number of nitrogens with one attached hydrogen (secondary N) is 3. The van der Waals surface area contributed by atoms with Gasteiger partial charge in [0.1, 0.15) is 12.1 Å². The number of rotatable bonds is 6. The van der Waals surface area contributed by atoms with E-state index in [0.29, 0.717) is 42.5 Å². The largest absolute Gasteiger partial charge is 0.327 e. The summed E-state index contributed by atoms with van der Waals surface area (Å²) in [6, 6.07) is 4.81. The van der Waals surface area contributed by atoms with Crippen LogP contribution in [0.5, 0.6) is 0 Å². The maximum Gasteiger partial charge on any atom is 0.327 e. The highest BCUT2D eigenvalue weighted by molar-refractivity contribution is 6.32. The second-order valence-corrected chi connectivity index (χ2v) is 11.3. The first-order valence-corrected chi connectivity index (χ1v) is 13.9. The molecular formula is C28H32ClN7O4. The molecule has 1 aromatic carbocycles. The fourth-order valence-electron chi connectivity index (χ4n) is 5.29. The van der Waals surface area contributed by atoms with Crippen LogP contribution >= 0.6 is 11.6 Å². The van der Waals surface area contributed by atoms with Gasteiger partial charge in [-0.25, -0.2) is 9.59 Å². The monoisotopic (exact) mass is 565 g/mol. The topological polar surface area (TPSA) is 138 Å². The number of urea groups is 2. The minimum absolute atomic E-state index is 0.0896.